The molecule has 0 saturated carbocycles. The second kappa shape index (κ2) is 9.94. The van der Waals surface area contributed by atoms with E-state index < -0.39 is 11.9 Å². The van der Waals surface area contributed by atoms with E-state index in [1.807, 2.05) is 24.3 Å². The minimum atomic E-state index is -0.963. The number of carbonyl (C=O) groups excluding carboxylic acids is 2. The van der Waals surface area contributed by atoms with Gasteiger partial charge in [0.15, 0.2) is 0 Å². The lowest BCUT2D eigenvalue weighted by Crippen LogP contribution is -2.53. The van der Waals surface area contributed by atoms with Crippen LogP contribution in [0.4, 0.5) is 10.5 Å². The van der Waals surface area contributed by atoms with Gasteiger partial charge in [-0.2, -0.15) is 0 Å². The predicted octanol–water partition coefficient (Wildman–Crippen LogP) is 2.54. The number of rotatable bonds is 8. The maximum absolute atomic E-state index is 13.2. The highest BCUT2D eigenvalue weighted by atomic mass is 16.4. The van der Waals surface area contributed by atoms with Crippen molar-refractivity contribution in [2.24, 2.45) is 5.92 Å². The normalized spacial score (nSPS) is 17.0. The predicted molar refractivity (Wildman–Crippen MR) is 104 cm³/mol. The zero-order valence-electron chi connectivity index (χ0n) is 16.0. The summed E-state index contributed by atoms with van der Waals surface area (Å²) in [5.74, 6) is -1.69. The lowest BCUT2D eigenvalue weighted by molar-refractivity contribution is -0.140. The first-order valence-corrected chi connectivity index (χ1v) is 9.55. The second-order valence-corrected chi connectivity index (χ2v) is 6.99. The van der Waals surface area contributed by atoms with Crippen LogP contribution in [0.25, 0.3) is 0 Å². The maximum atomic E-state index is 13.2. The van der Waals surface area contributed by atoms with Crippen molar-refractivity contribution in [1.82, 2.24) is 10.6 Å². The quantitative estimate of drug-likeness (QED) is 0.608. The lowest BCUT2D eigenvalue weighted by atomic mass is 9.92. The Morgan fingerprint density at radius 2 is 2.00 bits per heavy atom. The van der Waals surface area contributed by atoms with Gasteiger partial charge in [-0.15, -0.1) is 0 Å². The Labute approximate surface area is 160 Å². The smallest absolute Gasteiger partial charge is 0.314 e. The zero-order chi connectivity index (χ0) is 19.8. The number of nitrogens with zero attached hydrogens (tertiary/aromatic N) is 1. The molecule has 0 radical (unpaired) electrons. The van der Waals surface area contributed by atoms with Gasteiger partial charge in [0, 0.05) is 25.2 Å². The Hall–Kier alpha value is -2.57. The van der Waals surface area contributed by atoms with E-state index in [-0.39, 0.29) is 24.4 Å². The third-order valence-electron chi connectivity index (χ3n) is 4.91. The van der Waals surface area contributed by atoms with Crippen molar-refractivity contribution >= 4 is 23.6 Å². The molecule has 1 aromatic carbocycles. The van der Waals surface area contributed by atoms with Crippen molar-refractivity contribution < 1.29 is 19.5 Å². The molecule has 0 bridgehead atoms. The molecule has 0 aromatic heterocycles. The summed E-state index contributed by atoms with van der Waals surface area (Å²) in [5, 5.41) is 14.6. The molecule has 7 nitrogen and oxygen atoms in total. The van der Waals surface area contributed by atoms with Crippen molar-refractivity contribution in [3.05, 3.63) is 29.8 Å². The van der Waals surface area contributed by atoms with Gasteiger partial charge in [-0.25, -0.2) is 4.79 Å². The number of aliphatic carboxylic acids is 1. The molecule has 0 aliphatic carbocycles. The molecule has 0 fully saturated rings. The summed E-state index contributed by atoms with van der Waals surface area (Å²) in [5.41, 5.74) is 1.78. The minimum absolute atomic E-state index is 0.172. The third-order valence-corrected chi connectivity index (χ3v) is 4.91. The first-order chi connectivity index (χ1) is 13.0. The molecule has 148 valence electrons. The van der Waals surface area contributed by atoms with Crippen LogP contribution >= 0.6 is 0 Å². The Morgan fingerprint density at radius 3 is 2.67 bits per heavy atom. The van der Waals surface area contributed by atoms with Gasteiger partial charge in [-0.05, 0) is 24.5 Å². The first kappa shape index (κ1) is 20.7. The van der Waals surface area contributed by atoms with Crippen LogP contribution in [0, 0.1) is 5.92 Å². The maximum Gasteiger partial charge on any atom is 0.314 e. The van der Waals surface area contributed by atoms with Crippen LogP contribution in [0.1, 0.15) is 44.6 Å². The average Bonchev–Trinajstić information content (AvgIpc) is 2.65. The number of amides is 3. The summed E-state index contributed by atoms with van der Waals surface area (Å²) < 4.78 is 0. The molecule has 7 heteroatoms. The second-order valence-electron chi connectivity index (χ2n) is 6.99. The van der Waals surface area contributed by atoms with Gasteiger partial charge >= 0.3 is 12.0 Å². The summed E-state index contributed by atoms with van der Waals surface area (Å²) in [6.07, 6.45) is 3.84. The molecular weight excluding hydrogens is 346 g/mol. The van der Waals surface area contributed by atoms with E-state index >= 15 is 0 Å². The Morgan fingerprint density at radius 1 is 1.26 bits per heavy atom. The molecule has 2 atom stereocenters. The highest BCUT2D eigenvalue weighted by Crippen LogP contribution is 2.30. The van der Waals surface area contributed by atoms with E-state index in [4.69, 9.17) is 0 Å². The van der Waals surface area contributed by atoms with Crippen molar-refractivity contribution in [3.8, 4) is 0 Å². The van der Waals surface area contributed by atoms with Crippen molar-refractivity contribution in [2.45, 2.75) is 51.5 Å². The number of carboxylic acids is 1. The molecule has 27 heavy (non-hydrogen) atoms. The number of urea groups is 1. The van der Waals surface area contributed by atoms with E-state index in [0.29, 0.717) is 19.4 Å². The molecule has 0 spiro atoms. The highest BCUT2D eigenvalue weighted by Gasteiger charge is 2.33. The van der Waals surface area contributed by atoms with E-state index in [1.165, 1.54) is 0 Å². The highest BCUT2D eigenvalue weighted by molar-refractivity contribution is 5.98. The van der Waals surface area contributed by atoms with E-state index in [9.17, 15) is 19.5 Å². The molecule has 1 unspecified atom stereocenters. The number of anilines is 1. The molecule has 0 saturated heterocycles. The number of carboxylic acid groups (broad SMARTS) is 1. The van der Waals surface area contributed by atoms with Crippen LogP contribution in [-0.4, -0.2) is 42.6 Å². The largest absolute Gasteiger partial charge is 0.481 e. The van der Waals surface area contributed by atoms with Gasteiger partial charge in [0.25, 0.3) is 0 Å². The number of unbranched alkanes of at least 4 members (excludes halogenated alkanes) is 2. The van der Waals surface area contributed by atoms with Gasteiger partial charge in [-0.1, -0.05) is 44.4 Å². The summed E-state index contributed by atoms with van der Waals surface area (Å²) in [7, 11) is 1.55. The van der Waals surface area contributed by atoms with Crippen molar-refractivity contribution in [2.75, 3.05) is 18.5 Å². The van der Waals surface area contributed by atoms with E-state index in [2.05, 4.69) is 17.6 Å². The first-order valence-electron chi connectivity index (χ1n) is 9.55. The topological polar surface area (TPSA) is 98.7 Å². The summed E-state index contributed by atoms with van der Waals surface area (Å²) in [4.78, 5) is 37.9. The van der Waals surface area contributed by atoms with Crippen LogP contribution < -0.4 is 15.5 Å². The van der Waals surface area contributed by atoms with Crippen LogP contribution in [-0.2, 0) is 16.0 Å². The number of nitrogens with one attached hydrogen (secondary N) is 2. The molecule has 2 rings (SSSR count). The fourth-order valence-electron chi connectivity index (χ4n) is 3.54. The zero-order valence-corrected chi connectivity index (χ0v) is 16.0. The lowest BCUT2D eigenvalue weighted by Gasteiger charge is -2.36. The van der Waals surface area contributed by atoms with E-state index in [1.54, 1.807) is 11.9 Å². The van der Waals surface area contributed by atoms with Gasteiger partial charge in [0.1, 0.15) is 0 Å². The fourth-order valence-corrected chi connectivity index (χ4v) is 3.54. The number of fused-ring (bicyclic) bond motifs is 1. The molecule has 1 aliphatic heterocycles. The Balaban J connectivity index is 2.23. The number of hydrogen-bond donors (Lipinski definition) is 3. The molecule has 1 heterocycles. The summed E-state index contributed by atoms with van der Waals surface area (Å²) >= 11 is 0. The fraction of sp³-hybridized carbons (Fsp3) is 0.550. The molecular formula is C20H29N3O4. The summed E-state index contributed by atoms with van der Waals surface area (Å²) in [6.45, 7) is 2.41. The van der Waals surface area contributed by atoms with Crippen molar-refractivity contribution in [3.63, 3.8) is 0 Å². The molecule has 1 aliphatic rings. The van der Waals surface area contributed by atoms with Gasteiger partial charge in [0.05, 0.1) is 12.5 Å². The summed E-state index contributed by atoms with van der Waals surface area (Å²) in [6, 6.07) is 7.08. The number of benzene rings is 1. The van der Waals surface area contributed by atoms with Crippen molar-refractivity contribution in [1.29, 1.82) is 0 Å². The third kappa shape index (κ3) is 5.70. The Bertz CT molecular complexity index is 677. The van der Waals surface area contributed by atoms with Gasteiger partial charge in [-0.3, -0.25) is 9.59 Å². The Kier molecular flexibility index (Phi) is 7.64. The standard InChI is InChI=1S/C20H29N3O4/c1-3-4-5-9-15(12-18(24)25)19(26)23-13-16(22-20(27)21-2)11-14-8-6-7-10-17(14)23/h6-8,10,15-16H,3-5,9,11-13H2,1-2H3,(H,24,25)(H2,21,22,27)/t15-,16?/m0/s1. The monoisotopic (exact) mass is 375 g/mol. The van der Waals surface area contributed by atoms with Gasteiger partial charge in [0.2, 0.25) is 5.91 Å². The van der Waals surface area contributed by atoms with Gasteiger partial charge < -0.3 is 20.6 Å². The van der Waals surface area contributed by atoms with Crippen LogP contribution in [0.3, 0.4) is 0 Å². The van der Waals surface area contributed by atoms with Crippen LogP contribution in [0.2, 0.25) is 0 Å². The number of para-hydroxylation sites is 1. The molecule has 3 N–H and O–H groups in total. The average molecular weight is 375 g/mol. The molecule has 3 amide bonds. The SMILES string of the molecule is CCCCC[C@@H](CC(=O)O)C(=O)N1CC(NC(=O)NC)Cc2ccccc21. The molecule has 1 aromatic rings. The van der Waals surface area contributed by atoms with Crippen LogP contribution in [0.5, 0.6) is 0 Å². The van der Waals surface area contributed by atoms with Crippen LogP contribution in [0.15, 0.2) is 24.3 Å². The number of hydrogen-bond acceptors (Lipinski definition) is 3. The van der Waals surface area contributed by atoms with E-state index in [0.717, 1.165) is 30.5 Å². The minimum Gasteiger partial charge on any atom is -0.481 e. The number of carbonyl (C=O) groups is 3.